The van der Waals surface area contributed by atoms with E-state index >= 15 is 0 Å². The molecule has 1 aromatic carbocycles. The van der Waals surface area contributed by atoms with E-state index in [-0.39, 0.29) is 6.04 Å². The van der Waals surface area contributed by atoms with Gasteiger partial charge < -0.3 is 10.5 Å². The summed E-state index contributed by atoms with van der Waals surface area (Å²) < 4.78 is 5.45. The van der Waals surface area contributed by atoms with Gasteiger partial charge in [-0.05, 0) is 23.5 Å². The minimum Gasteiger partial charge on any atom is -0.373 e. The molecule has 2 atom stereocenters. The second-order valence-electron chi connectivity index (χ2n) is 5.05. The zero-order valence-corrected chi connectivity index (χ0v) is 10.1. The van der Waals surface area contributed by atoms with Crippen LogP contribution in [0.4, 0.5) is 0 Å². The Hall–Kier alpha value is -0.860. The first-order valence-electron chi connectivity index (χ1n) is 6.14. The van der Waals surface area contributed by atoms with E-state index in [0.29, 0.717) is 12.0 Å². The van der Waals surface area contributed by atoms with Crippen LogP contribution in [0.2, 0.25) is 0 Å². The summed E-state index contributed by atoms with van der Waals surface area (Å²) in [6.45, 7) is 5.31. The molecule has 1 aliphatic rings. The fraction of sp³-hybridized carbons (Fsp3) is 0.571. The molecule has 2 N–H and O–H groups in total. The summed E-state index contributed by atoms with van der Waals surface area (Å²) in [5.74, 6) is 0.643. The van der Waals surface area contributed by atoms with Crippen molar-refractivity contribution in [2.75, 3.05) is 6.61 Å². The molecule has 1 aromatic rings. The van der Waals surface area contributed by atoms with Gasteiger partial charge in [-0.25, -0.2) is 0 Å². The summed E-state index contributed by atoms with van der Waals surface area (Å²) in [6.07, 6.45) is 2.52. The van der Waals surface area contributed by atoms with Crippen molar-refractivity contribution in [3.8, 4) is 0 Å². The van der Waals surface area contributed by atoms with Gasteiger partial charge in [0.05, 0.1) is 12.7 Å². The van der Waals surface area contributed by atoms with Crippen molar-refractivity contribution in [2.24, 2.45) is 11.7 Å². The topological polar surface area (TPSA) is 35.2 Å². The third-order valence-electron chi connectivity index (χ3n) is 3.16. The largest absolute Gasteiger partial charge is 0.373 e. The van der Waals surface area contributed by atoms with Gasteiger partial charge in [-0.2, -0.15) is 0 Å². The molecule has 0 amide bonds. The Labute approximate surface area is 97.8 Å². The zero-order valence-electron chi connectivity index (χ0n) is 10.1. The minimum atomic E-state index is 0.163. The summed E-state index contributed by atoms with van der Waals surface area (Å²) >= 11 is 0. The lowest BCUT2D eigenvalue weighted by atomic mass is 9.95. The Kier molecular flexibility index (Phi) is 3.62. The van der Waals surface area contributed by atoms with Crippen LogP contribution in [0.5, 0.6) is 0 Å². The summed E-state index contributed by atoms with van der Waals surface area (Å²) in [7, 11) is 0. The molecule has 0 aromatic heterocycles. The molecular weight excluding hydrogens is 198 g/mol. The van der Waals surface area contributed by atoms with Crippen LogP contribution in [0.15, 0.2) is 24.3 Å². The van der Waals surface area contributed by atoms with Crippen molar-refractivity contribution < 1.29 is 4.74 Å². The first-order valence-corrected chi connectivity index (χ1v) is 6.14. The molecule has 0 bridgehead atoms. The zero-order chi connectivity index (χ0) is 11.5. The van der Waals surface area contributed by atoms with E-state index in [9.17, 15) is 0 Å². The molecule has 2 nitrogen and oxygen atoms in total. The van der Waals surface area contributed by atoms with E-state index in [4.69, 9.17) is 10.5 Å². The monoisotopic (exact) mass is 219 g/mol. The summed E-state index contributed by atoms with van der Waals surface area (Å²) in [5.41, 5.74) is 8.65. The molecule has 0 aliphatic carbocycles. The highest BCUT2D eigenvalue weighted by Gasteiger charge is 2.20. The maximum absolute atomic E-state index is 6.14. The van der Waals surface area contributed by atoms with Crippen LogP contribution in [-0.2, 0) is 4.74 Å². The number of rotatable bonds is 4. The fourth-order valence-corrected chi connectivity index (χ4v) is 2.10. The number of hydrogen-bond donors (Lipinski definition) is 1. The van der Waals surface area contributed by atoms with Gasteiger partial charge in [0.1, 0.15) is 0 Å². The van der Waals surface area contributed by atoms with Crippen LogP contribution in [0.3, 0.4) is 0 Å². The standard InChI is InChI=1S/C14H21NO/c1-10(2)9-13(15)11-3-5-12(6-4-11)14-7-8-16-14/h3-6,10,13-14H,7-9,15H2,1-2H3. The van der Waals surface area contributed by atoms with E-state index in [1.807, 2.05) is 0 Å². The average molecular weight is 219 g/mol. The van der Waals surface area contributed by atoms with Crippen molar-refractivity contribution in [1.29, 1.82) is 0 Å². The first-order chi connectivity index (χ1) is 7.66. The van der Waals surface area contributed by atoms with Gasteiger partial charge in [0.2, 0.25) is 0 Å². The predicted molar refractivity (Wildman–Crippen MR) is 66.1 cm³/mol. The lowest BCUT2D eigenvalue weighted by Gasteiger charge is -2.27. The minimum absolute atomic E-state index is 0.163. The molecule has 0 saturated carbocycles. The highest BCUT2D eigenvalue weighted by molar-refractivity contribution is 5.27. The van der Waals surface area contributed by atoms with Crippen LogP contribution in [0.25, 0.3) is 0 Å². The summed E-state index contributed by atoms with van der Waals surface area (Å²) in [5, 5.41) is 0. The van der Waals surface area contributed by atoms with Gasteiger partial charge in [0, 0.05) is 12.5 Å². The van der Waals surface area contributed by atoms with Crippen molar-refractivity contribution in [3.05, 3.63) is 35.4 Å². The van der Waals surface area contributed by atoms with Crippen molar-refractivity contribution in [1.82, 2.24) is 0 Å². The van der Waals surface area contributed by atoms with Crippen LogP contribution >= 0.6 is 0 Å². The van der Waals surface area contributed by atoms with E-state index in [0.717, 1.165) is 19.4 Å². The van der Waals surface area contributed by atoms with Crippen molar-refractivity contribution >= 4 is 0 Å². The predicted octanol–water partition coefficient (Wildman–Crippen LogP) is 3.19. The lowest BCUT2D eigenvalue weighted by Crippen LogP contribution is -2.18. The number of nitrogens with two attached hydrogens (primary N) is 1. The van der Waals surface area contributed by atoms with Crippen LogP contribution in [-0.4, -0.2) is 6.61 Å². The maximum atomic E-state index is 6.14. The van der Waals surface area contributed by atoms with E-state index in [1.54, 1.807) is 0 Å². The highest BCUT2D eigenvalue weighted by Crippen LogP contribution is 2.30. The molecule has 1 heterocycles. The Bertz CT molecular complexity index is 327. The van der Waals surface area contributed by atoms with Crippen molar-refractivity contribution in [3.63, 3.8) is 0 Å². The van der Waals surface area contributed by atoms with Crippen LogP contribution in [0.1, 0.15) is 50.0 Å². The maximum Gasteiger partial charge on any atom is 0.0846 e. The molecule has 0 spiro atoms. The number of benzene rings is 1. The Morgan fingerprint density at radius 3 is 2.38 bits per heavy atom. The number of ether oxygens (including phenoxy) is 1. The Balaban J connectivity index is 2.00. The van der Waals surface area contributed by atoms with E-state index in [2.05, 4.69) is 38.1 Å². The molecule has 88 valence electrons. The third-order valence-corrected chi connectivity index (χ3v) is 3.16. The van der Waals surface area contributed by atoms with Gasteiger partial charge in [0.15, 0.2) is 0 Å². The Morgan fingerprint density at radius 1 is 1.31 bits per heavy atom. The molecule has 1 aliphatic heterocycles. The quantitative estimate of drug-likeness (QED) is 0.844. The second-order valence-corrected chi connectivity index (χ2v) is 5.05. The van der Waals surface area contributed by atoms with Crippen LogP contribution < -0.4 is 5.73 Å². The second kappa shape index (κ2) is 4.98. The van der Waals surface area contributed by atoms with E-state index < -0.39 is 0 Å². The van der Waals surface area contributed by atoms with Crippen LogP contribution in [0, 0.1) is 5.92 Å². The van der Waals surface area contributed by atoms with E-state index in [1.165, 1.54) is 11.1 Å². The van der Waals surface area contributed by atoms with Gasteiger partial charge in [-0.15, -0.1) is 0 Å². The van der Waals surface area contributed by atoms with Gasteiger partial charge in [-0.3, -0.25) is 0 Å². The molecule has 16 heavy (non-hydrogen) atoms. The SMILES string of the molecule is CC(C)CC(N)c1ccc(C2CCO2)cc1. The third kappa shape index (κ3) is 2.63. The molecule has 1 saturated heterocycles. The highest BCUT2D eigenvalue weighted by atomic mass is 16.5. The van der Waals surface area contributed by atoms with Gasteiger partial charge in [-0.1, -0.05) is 38.1 Å². The normalized spacial score (nSPS) is 21.9. The van der Waals surface area contributed by atoms with Crippen molar-refractivity contribution in [2.45, 2.75) is 38.8 Å². The molecule has 1 fully saturated rings. The molecule has 0 radical (unpaired) electrons. The molecular formula is C14H21NO. The smallest absolute Gasteiger partial charge is 0.0846 e. The molecule has 2 heteroatoms. The fourth-order valence-electron chi connectivity index (χ4n) is 2.10. The van der Waals surface area contributed by atoms with Gasteiger partial charge in [0.25, 0.3) is 0 Å². The van der Waals surface area contributed by atoms with Gasteiger partial charge >= 0.3 is 0 Å². The lowest BCUT2D eigenvalue weighted by molar-refractivity contribution is -0.0527. The number of hydrogen-bond acceptors (Lipinski definition) is 2. The molecule has 2 unspecified atom stereocenters. The average Bonchev–Trinajstić information content (AvgIpc) is 2.15. The summed E-state index contributed by atoms with van der Waals surface area (Å²) in [6, 6.07) is 8.75. The Morgan fingerprint density at radius 2 is 1.94 bits per heavy atom. The summed E-state index contributed by atoms with van der Waals surface area (Å²) in [4.78, 5) is 0. The molecule has 2 rings (SSSR count). The first kappa shape index (κ1) is 11.6.